The molecule has 0 atom stereocenters. The average molecular weight is 276 g/mol. The molecule has 2 fully saturated rings. The minimum Gasteiger partial charge on any atom is -0.357 e. The van der Waals surface area contributed by atoms with Gasteiger partial charge in [0.05, 0.1) is 0 Å². The fourth-order valence-corrected chi connectivity index (χ4v) is 5.52. The minimum absolute atomic E-state index is 0.862. The lowest BCUT2D eigenvalue weighted by Crippen LogP contribution is -2.32. The Hall–Kier alpha value is 0.590. The van der Waals surface area contributed by atoms with Gasteiger partial charge in [-0.1, -0.05) is 42.3 Å². The Bertz CT molecular complexity index is 220. The van der Waals surface area contributed by atoms with E-state index in [1.165, 1.54) is 64.5 Å². The Kier molecular flexibility index (Phi) is 5.80. The third kappa shape index (κ3) is 4.11. The minimum atomic E-state index is 0.862. The summed E-state index contributed by atoms with van der Waals surface area (Å²) in [5, 5.41) is 0.862. The quantitative estimate of drug-likeness (QED) is 0.540. The molecular weight excluding hydrogens is 254 g/mol. The van der Waals surface area contributed by atoms with Crippen LogP contribution in [0.1, 0.15) is 51.4 Å². The highest BCUT2D eigenvalue weighted by molar-refractivity contribution is 8.83. The molecule has 0 unspecified atom stereocenters. The third-order valence-electron chi connectivity index (χ3n) is 3.42. The summed E-state index contributed by atoms with van der Waals surface area (Å²) >= 11 is 5.51. The Morgan fingerprint density at radius 3 is 2.25 bits per heavy atom. The number of hydrogen-bond acceptors (Lipinski definition) is 3. The third-order valence-corrected chi connectivity index (χ3v) is 7.07. The molecule has 1 aliphatic heterocycles. The maximum absolute atomic E-state index is 5.51. The summed E-state index contributed by atoms with van der Waals surface area (Å²) in [5.41, 5.74) is 0. The summed E-state index contributed by atoms with van der Waals surface area (Å²) < 4.78 is 1.13. The molecule has 0 spiro atoms. The molecule has 0 amide bonds. The van der Waals surface area contributed by atoms with E-state index in [0.29, 0.717) is 0 Å². The normalized spacial score (nSPS) is 23.4. The van der Waals surface area contributed by atoms with Crippen LogP contribution < -0.4 is 0 Å². The first kappa shape index (κ1) is 13.0. The monoisotopic (exact) mass is 275 g/mol. The molecule has 1 heterocycles. The fraction of sp³-hybridized carbons (Fsp3) is 0.917. The second kappa shape index (κ2) is 7.12. The number of piperidine rings is 1. The van der Waals surface area contributed by atoms with E-state index in [4.69, 9.17) is 12.2 Å². The van der Waals surface area contributed by atoms with Gasteiger partial charge in [0, 0.05) is 18.3 Å². The zero-order valence-electron chi connectivity index (χ0n) is 9.82. The lowest BCUT2D eigenvalue weighted by molar-refractivity contribution is 0.352. The Labute approximate surface area is 113 Å². The van der Waals surface area contributed by atoms with Crippen molar-refractivity contribution in [3.05, 3.63) is 0 Å². The number of nitrogens with zero attached hydrogens (tertiary/aromatic N) is 1. The molecule has 0 aromatic carbocycles. The summed E-state index contributed by atoms with van der Waals surface area (Å²) in [7, 11) is 3.90. The number of rotatable bonds is 2. The van der Waals surface area contributed by atoms with E-state index in [2.05, 4.69) is 4.90 Å². The first-order valence-corrected chi connectivity index (χ1v) is 9.10. The molecule has 1 nitrogen and oxygen atoms in total. The summed E-state index contributed by atoms with van der Waals surface area (Å²) in [5.74, 6) is 0. The summed E-state index contributed by atoms with van der Waals surface area (Å²) in [4.78, 5) is 2.40. The lowest BCUT2D eigenvalue weighted by atomic mass is 10.0. The largest absolute Gasteiger partial charge is 0.357 e. The molecule has 92 valence electrons. The SMILES string of the molecule is S=C(SSC1CCCCC1)N1CCCCC1. The smallest absolute Gasteiger partial charge is 0.147 e. The zero-order chi connectivity index (χ0) is 11.2. The Morgan fingerprint density at radius 2 is 1.56 bits per heavy atom. The standard InChI is InChI=1S/C12H21NS3/c14-12(13-9-5-2-6-10-13)16-15-11-7-3-1-4-8-11/h11H,1-10H2. The molecule has 1 aliphatic carbocycles. The van der Waals surface area contributed by atoms with Crippen molar-refractivity contribution in [3.63, 3.8) is 0 Å². The van der Waals surface area contributed by atoms with Crippen molar-refractivity contribution < 1.29 is 0 Å². The summed E-state index contributed by atoms with van der Waals surface area (Å²) in [6.07, 6.45) is 11.1. The maximum atomic E-state index is 5.51. The first-order chi connectivity index (χ1) is 7.86. The van der Waals surface area contributed by atoms with E-state index in [9.17, 15) is 0 Å². The van der Waals surface area contributed by atoms with Crippen LogP contribution in [0.5, 0.6) is 0 Å². The molecule has 1 saturated heterocycles. The predicted octanol–water partition coefficient (Wildman–Crippen LogP) is 4.47. The van der Waals surface area contributed by atoms with E-state index in [1.807, 2.05) is 21.6 Å². The highest BCUT2D eigenvalue weighted by atomic mass is 33.1. The molecule has 0 aromatic rings. The van der Waals surface area contributed by atoms with Gasteiger partial charge in [0.15, 0.2) is 0 Å². The van der Waals surface area contributed by atoms with Crippen molar-refractivity contribution in [2.75, 3.05) is 13.1 Å². The van der Waals surface area contributed by atoms with Crippen molar-refractivity contribution in [1.29, 1.82) is 0 Å². The van der Waals surface area contributed by atoms with Crippen LogP contribution in [0, 0.1) is 0 Å². The fourth-order valence-electron chi connectivity index (χ4n) is 2.40. The van der Waals surface area contributed by atoms with E-state index < -0.39 is 0 Å². The molecule has 0 bridgehead atoms. The van der Waals surface area contributed by atoms with E-state index in [-0.39, 0.29) is 0 Å². The lowest BCUT2D eigenvalue weighted by Gasteiger charge is -2.29. The molecule has 16 heavy (non-hydrogen) atoms. The van der Waals surface area contributed by atoms with Gasteiger partial charge in [-0.15, -0.1) is 0 Å². The number of likely N-dealkylation sites (tertiary alicyclic amines) is 1. The van der Waals surface area contributed by atoms with Crippen LogP contribution in [0.4, 0.5) is 0 Å². The number of hydrogen-bond donors (Lipinski definition) is 0. The van der Waals surface area contributed by atoms with E-state index in [1.54, 1.807) is 0 Å². The van der Waals surface area contributed by atoms with Gasteiger partial charge < -0.3 is 4.90 Å². The molecule has 2 rings (SSSR count). The Morgan fingerprint density at radius 1 is 0.938 bits per heavy atom. The average Bonchev–Trinajstić information content (AvgIpc) is 2.38. The van der Waals surface area contributed by atoms with Gasteiger partial charge in [-0.25, -0.2) is 0 Å². The highest BCUT2D eigenvalue weighted by Gasteiger charge is 2.18. The van der Waals surface area contributed by atoms with Gasteiger partial charge in [-0.3, -0.25) is 0 Å². The Balaban J connectivity index is 1.65. The van der Waals surface area contributed by atoms with Crippen LogP contribution in [0.3, 0.4) is 0 Å². The van der Waals surface area contributed by atoms with Gasteiger partial charge >= 0.3 is 0 Å². The van der Waals surface area contributed by atoms with Crippen molar-refractivity contribution in [1.82, 2.24) is 4.90 Å². The second-order valence-corrected chi connectivity index (χ2v) is 7.89. The molecule has 0 N–H and O–H groups in total. The van der Waals surface area contributed by atoms with Crippen molar-refractivity contribution in [3.8, 4) is 0 Å². The van der Waals surface area contributed by atoms with Gasteiger partial charge in [0.2, 0.25) is 0 Å². The predicted molar refractivity (Wildman–Crippen MR) is 80.1 cm³/mol. The van der Waals surface area contributed by atoms with Crippen LogP contribution >= 0.6 is 33.8 Å². The van der Waals surface area contributed by atoms with Crippen LogP contribution in [-0.4, -0.2) is 27.6 Å². The first-order valence-electron chi connectivity index (χ1n) is 6.48. The molecule has 0 radical (unpaired) electrons. The molecule has 2 aliphatic rings. The molecule has 4 heteroatoms. The van der Waals surface area contributed by atoms with Crippen molar-refractivity contribution in [2.45, 2.75) is 56.6 Å². The maximum Gasteiger partial charge on any atom is 0.147 e. The number of thiocarbonyl (C=S) groups is 1. The van der Waals surface area contributed by atoms with Crippen LogP contribution in [0.25, 0.3) is 0 Å². The van der Waals surface area contributed by atoms with Gasteiger partial charge in [-0.05, 0) is 42.9 Å². The van der Waals surface area contributed by atoms with Crippen molar-refractivity contribution in [2.24, 2.45) is 0 Å². The second-order valence-electron chi connectivity index (χ2n) is 4.75. The summed E-state index contributed by atoms with van der Waals surface area (Å²) in [6, 6.07) is 0. The van der Waals surface area contributed by atoms with Crippen LogP contribution in [0.2, 0.25) is 0 Å². The van der Waals surface area contributed by atoms with Crippen LogP contribution in [-0.2, 0) is 0 Å². The molecule has 1 saturated carbocycles. The van der Waals surface area contributed by atoms with Crippen LogP contribution in [0.15, 0.2) is 0 Å². The van der Waals surface area contributed by atoms with Gasteiger partial charge in [0.25, 0.3) is 0 Å². The molecule has 0 aromatic heterocycles. The van der Waals surface area contributed by atoms with Gasteiger partial charge in [0.1, 0.15) is 4.32 Å². The van der Waals surface area contributed by atoms with Crippen molar-refractivity contribution >= 4 is 38.1 Å². The summed E-state index contributed by atoms with van der Waals surface area (Å²) in [6.45, 7) is 2.38. The van der Waals surface area contributed by atoms with E-state index >= 15 is 0 Å². The van der Waals surface area contributed by atoms with Gasteiger partial charge in [-0.2, -0.15) is 0 Å². The molecular formula is C12H21NS3. The highest BCUT2D eigenvalue weighted by Crippen LogP contribution is 2.37. The van der Waals surface area contributed by atoms with E-state index in [0.717, 1.165) is 9.57 Å². The topological polar surface area (TPSA) is 3.24 Å². The zero-order valence-corrected chi connectivity index (χ0v) is 12.3.